The molecular weight excluding hydrogens is 608 g/mol. The molecule has 4 aliphatic carbocycles. The molecule has 0 bridgehead atoms. The molecule has 11 heteroatoms. The van der Waals surface area contributed by atoms with Gasteiger partial charge in [-0.25, -0.2) is 4.89 Å². The van der Waals surface area contributed by atoms with Gasteiger partial charge in [-0.1, -0.05) is 46.8 Å². The minimum absolute atomic E-state index is 0.108. The van der Waals surface area contributed by atoms with Crippen LogP contribution >= 0.6 is 0 Å². The van der Waals surface area contributed by atoms with Gasteiger partial charge in [0.15, 0.2) is 6.29 Å². The summed E-state index contributed by atoms with van der Waals surface area (Å²) in [7, 11) is 0. The maximum absolute atomic E-state index is 12.3. The summed E-state index contributed by atoms with van der Waals surface area (Å²) in [5.41, 5.74) is -3.53. The molecule has 47 heavy (non-hydrogen) atoms. The number of aliphatic hydroxyl groups excluding tert-OH is 7. The van der Waals surface area contributed by atoms with Crippen LogP contribution < -0.4 is 0 Å². The van der Waals surface area contributed by atoms with Gasteiger partial charge in [-0.3, -0.25) is 5.26 Å². The lowest BCUT2D eigenvalue weighted by molar-refractivity contribution is -0.335. The van der Waals surface area contributed by atoms with E-state index in [0.717, 1.165) is 12.8 Å². The van der Waals surface area contributed by atoms with Crippen LogP contribution in [0.15, 0.2) is 12.2 Å². The van der Waals surface area contributed by atoms with Crippen molar-refractivity contribution >= 4 is 0 Å². The molecule has 0 amide bonds. The first-order chi connectivity index (χ1) is 21.6. The Morgan fingerprint density at radius 1 is 0.851 bits per heavy atom. The first-order valence-corrected chi connectivity index (χ1v) is 17.7. The van der Waals surface area contributed by atoms with E-state index in [9.17, 15) is 41.0 Å². The number of rotatable bonds is 8. The van der Waals surface area contributed by atoms with Gasteiger partial charge < -0.3 is 45.2 Å². The van der Waals surface area contributed by atoms with Gasteiger partial charge in [0.2, 0.25) is 0 Å². The summed E-state index contributed by atoms with van der Waals surface area (Å²) in [6.45, 7) is 15.7. The summed E-state index contributed by atoms with van der Waals surface area (Å²) in [5.74, 6) is -0.486. The number of ether oxygens (including phenoxy) is 2. The number of hydrogen-bond donors (Lipinski definition) is 8. The van der Waals surface area contributed by atoms with Crippen LogP contribution in [0, 0.1) is 45.3 Å². The molecule has 1 aliphatic heterocycles. The molecule has 5 fully saturated rings. The van der Waals surface area contributed by atoms with Crippen LogP contribution in [0.25, 0.3) is 0 Å². The predicted octanol–water partition coefficient (Wildman–Crippen LogP) is 2.76. The second-order valence-electron chi connectivity index (χ2n) is 17.9. The summed E-state index contributed by atoms with van der Waals surface area (Å²) in [6.07, 6.45) is -1.18. The van der Waals surface area contributed by atoms with E-state index in [1.54, 1.807) is 19.9 Å². The van der Waals surface area contributed by atoms with Crippen LogP contribution in [-0.2, 0) is 14.4 Å². The molecule has 16 atom stereocenters. The van der Waals surface area contributed by atoms with Crippen molar-refractivity contribution in [3.05, 3.63) is 12.2 Å². The minimum Gasteiger partial charge on any atom is -0.394 e. The summed E-state index contributed by atoms with van der Waals surface area (Å²) >= 11 is 0. The van der Waals surface area contributed by atoms with Gasteiger partial charge >= 0.3 is 0 Å². The fourth-order valence-corrected chi connectivity index (χ4v) is 11.9. The van der Waals surface area contributed by atoms with Crippen LogP contribution in [0.3, 0.4) is 0 Å². The molecule has 0 aromatic rings. The summed E-state index contributed by atoms with van der Waals surface area (Å²) in [6, 6.07) is 0. The SMILES string of the molecule is CC(C)(/C=C\C[C@@](C)(O[C@@H]1O[C@H](CO)[C@H](O)[C@H](O)[C@H]1O)[C@H]1CC[C@]2(C)[C@@H]1[C@H](O)C[C@@H]1[C@@]3(C)CC[C@H](O)C(C)(C)[C@@H]3[C@@H](O)C[C@]12C)OO. The van der Waals surface area contributed by atoms with Gasteiger partial charge in [0.25, 0.3) is 0 Å². The Bertz CT molecular complexity index is 1160. The monoisotopic (exact) mass is 670 g/mol. The zero-order valence-corrected chi connectivity index (χ0v) is 29.5. The highest BCUT2D eigenvalue weighted by Gasteiger charge is 2.73. The Hall–Kier alpha value is -0.700. The predicted molar refractivity (Wildman–Crippen MR) is 173 cm³/mol. The first-order valence-electron chi connectivity index (χ1n) is 17.7. The molecule has 8 N–H and O–H groups in total. The quantitative estimate of drug-likeness (QED) is 0.108. The molecule has 272 valence electrons. The number of fused-ring (bicyclic) bond motifs is 5. The van der Waals surface area contributed by atoms with E-state index in [1.807, 2.05) is 13.0 Å². The van der Waals surface area contributed by atoms with Crippen molar-refractivity contribution in [3.63, 3.8) is 0 Å². The largest absolute Gasteiger partial charge is 0.394 e. The van der Waals surface area contributed by atoms with Crippen molar-refractivity contribution in [2.24, 2.45) is 45.3 Å². The lowest BCUT2D eigenvalue weighted by Crippen LogP contribution is -2.70. The van der Waals surface area contributed by atoms with Crippen LogP contribution in [-0.4, -0.2) is 108 Å². The summed E-state index contributed by atoms with van der Waals surface area (Å²) < 4.78 is 12.5. The second-order valence-corrected chi connectivity index (χ2v) is 17.9. The van der Waals surface area contributed by atoms with E-state index in [1.165, 1.54) is 0 Å². The standard InChI is InChI=1S/C36H62O11/c1-31(2,47-44)12-9-13-36(8,46-30-28(43)27(42)26(41)22(18-37)45-30)19-10-15-34(6)25(19)20(38)16-23-33(5)14-11-24(40)32(3,4)29(33)21(39)17-35(23,34)7/h9,12,19-30,37-44H,10-11,13-18H2,1-8H3/b12-9-/t19-,20+,21-,22+,23+,24-,25-,26-,27-,28+,29-,30-,33+,34+,35+,36+/m0/s1. The van der Waals surface area contributed by atoms with Crippen molar-refractivity contribution in [2.45, 2.75) is 161 Å². The topological polar surface area (TPSA) is 190 Å². The molecule has 5 aliphatic rings. The van der Waals surface area contributed by atoms with Crippen molar-refractivity contribution in [2.75, 3.05) is 6.61 Å². The van der Waals surface area contributed by atoms with Crippen LogP contribution in [0.1, 0.15) is 100 Å². The van der Waals surface area contributed by atoms with Crippen LogP contribution in [0.2, 0.25) is 0 Å². The average molecular weight is 671 g/mol. The Morgan fingerprint density at radius 2 is 1.51 bits per heavy atom. The highest BCUT2D eigenvalue weighted by molar-refractivity contribution is 5.22. The molecule has 0 aromatic carbocycles. The highest BCUT2D eigenvalue weighted by atomic mass is 17.1. The zero-order chi connectivity index (χ0) is 35.1. The lowest BCUT2D eigenvalue weighted by atomic mass is 9.34. The first kappa shape index (κ1) is 37.6. The molecule has 0 spiro atoms. The van der Waals surface area contributed by atoms with Crippen LogP contribution in [0.4, 0.5) is 0 Å². The second kappa shape index (κ2) is 12.5. The third-order valence-electron chi connectivity index (χ3n) is 14.5. The van der Waals surface area contributed by atoms with Gasteiger partial charge in [-0.2, -0.15) is 0 Å². The van der Waals surface area contributed by atoms with E-state index >= 15 is 0 Å². The Kier molecular flexibility index (Phi) is 10.00. The minimum atomic E-state index is -1.60. The molecule has 1 heterocycles. The Balaban J connectivity index is 1.52. The fourth-order valence-electron chi connectivity index (χ4n) is 11.9. The smallest absolute Gasteiger partial charge is 0.187 e. The summed E-state index contributed by atoms with van der Waals surface area (Å²) in [5, 5.41) is 86.4. The lowest BCUT2D eigenvalue weighted by Gasteiger charge is -2.71. The molecule has 0 aromatic heterocycles. The molecule has 1 saturated heterocycles. The highest BCUT2D eigenvalue weighted by Crippen LogP contribution is 2.76. The van der Waals surface area contributed by atoms with Crippen molar-refractivity contribution < 1.29 is 55.4 Å². The van der Waals surface area contributed by atoms with Crippen molar-refractivity contribution in [3.8, 4) is 0 Å². The van der Waals surface area contributed by atoms with E-state index in [-0.39, 0.29) is 40.9 Å². The van der Waals surface area contributed by atoms with E-state index < -0.39 is 77.7 Å². The van der Waals surface area contributed by atoms with Crippen molar-refractivity contribution in [1.82, 2.24) is 0 Å². The molecule has 11 nitrogen and oxygen atoms in total. The fraction of sp³-hybridized carbons (Fsp3) is 0.944. The normalized spacial score (nSPS) is 51.2. The van der Waals surface area contributed by atoms with Gasteiger partial charge in [0.1, 0.15) is 30.0 Å². The maximum atomic E-state index is 12.3. The molecule has 4 saturated carbocycles. The Labute approximate surface area is 279 Å². The Morgan fingerprint density at radius 3 is 2.13 bits per heavy atom. The van der Waals surface area contributed by atoms with Crippen LogP contribution in [0.5, 0.6) is 0 Å². The third kappa shape index (κ3) is 5.77. The molecule has 5 rings (SSSR count). The average Bonchev–Trinajstić information content (AvgIpc) is 3.37. The van der Waals surface area contributed by atoms with Gasteiger partial charge in [-0.05, 0) is 111 Å². The van der Waals surface area contributed by atoms with E-state index in [2.05, 4.69) is 39.5 Å². The molecular formula is C36H62O11. The van der Waals surface area contributed by atoms with Gasteiger partial charge in [-0.15, -0.1) is 0 Å². The zero-order valence-electron chi connectivity index (χ0n) is 29.5. The van der Waals surface area contributed by atoms with Gasteiger partial charge in [0.05, 0.1) is 30.5 Å². The third-order valence-corrected chi connectivity index (χ3v) is 14.5. The maximum Gasteiger partial charge on any atom is 0.187 e. The number of hydrogen-bond acceptors (Lipinski definition) is 11. The molecule has 0 radical (unpaired) electrons. The van der Waals surface area contributed by atoms with Gasteiger partial charge in [0, 0.05) is 0 Å². The van der Waals surface area contributed by atoms with E-state index in [4.69, 9.17) is 9.47 Å². The van der Waals surface area contributed by atoms with Crippen molar-refractivity contribution in [1.29, 1.82) is 0 Å². The number of aliphatic hydroxyl groups is 7. The molecule has 0 unspecified atom stereocenters. The van der Waals surface area contributed by atoms with E-state index in [0.29, 0.717) is 25.7 Å². The summed E-state index contributed by atoms with van der Waals surface area (Å²) in [4.78, 5) is 4.61.